The number of aromatic nitrogens is 3. The van der Waals surface area contributed by atoms with E-state index in [0.717, 1.165) is 21.7 Å². The summed E-state index contributed by atoms with van der Waals surface area (Å²) < 4.78 is 1.42. The van der Waals surface area contributed by atoms with E-state index in [9.17, 15) is 14.7 Å². The van der Waals surface area contributed by atoms with Crippen molar-refractivity contribution in [3.8, 4) is 11.4 Å². The zero-order chi connectivity index (χ0) is 18.0. The van der Waals surface area contributed by atoms with E-state index in [-0.39, 0.29) is 0 Å². The molecule has 0 radical (unpaired) electrons. The standard InChI is InChI=1S/C17H19N5O3/c1-11-7-12(2)9-13(8-11)16-18-10-21(20-16)5-4-15(24)19-22-6-3-14(23)17(22)25/h4-5,7-10,14,23H,3,6H2,1-2H3,(H,19,24)/b5-4-/t14-/m0/s1. The van der Waals surface area contributed by atoms with Gasteiger partial charge in [-0.25, -0.2) is 9.67 Å². The Morgan fingerprint density at radius 2 is 2.04 bits per heavy atom. The highest BCUT2D eigenvalue weighted by molar-refractivity contribution is 5.92. The zero-order valence-electron chi connectivity index (χ0n) is 14.0. The van der Waals surface area contributed by atoms with Gasteiger partial charge >= 0.3 is 0 Å². The number of amides is 2. The van der Waals surface area contributed by atoms with Gasteiger partial charge in [-0.15, -0.1) is 5.10 Å². The van der Waals surface area contributed by atoms with Crippen LogP contribution >= 0.6 is 0 Å². The number of nitrogens with zero attached hydrogens (tertiary/aromatic N) is 4. The third-order valence-electron chi connectivity index (χ3n) is 3.79. The lowest BCUT2D eigenvalue weighted by Crippen LogP contribution is -2.43. The summed E-state index contributed by atoms with van der Waals surface area (Å²) in [4.78, 5) is 27.6. The van der Waals surface area contributed by atoms with Gasteiger partial charge in [-0.05, 0) is 26.0 Å². The molecule has 0 bridgehead atoms. The second-order valence-electron chi connectivity index (χ2n) is 6.01. The average Bonchev–Trinajstić information content (AvgIpc) is 3.14. The van der Waals surface area contributed by atoms with E-state index in [2.05, 4.69) is 21.6 Å². The number of carbonyl (C=O) groups is 2. The number of rotatable bonds is 4. The second-order valence-corrected chi connectivity index (χ2v) is 6.01. The topological polar surface area (TPSA) is 100 Å². The Morgan fingerprint density at radius 1 is 1.32 bits per heavy atom. The molecule has 2 amide bonds. The van der Waals surface area contributed by atoms with Gasteiger partial charge in [0.1, 0.15) is 12.4 Å². The van der Waals surface area contributed by atoms with Crippen LogP contribution in [0.3, 0.4) is 0 Å². The van der Waals surface area contributed by atoms with Gasteiger partial charge in [0.15, 0.2) is 5.82 Å². The third kappa shape index (κ3) is 3.92. The Hall–Kier alpha value is -3.00. The summed E-state index contributed by atoms with van der Waals surface area (Å²) in [7, 11) is 0. The van der Waals surface area contributed by atoms with Crippen molar-refractivity contribution in [1.82, 2.24) is 25.2 Å². The molecule has 1 aromatic carbocycles. The predicted octanol–water partition coefficient (Wildman–Crippen LogP) is 0.657. The van der Waals surface area contributed by atoms with E-state index in [1.54, 1.807) is 0 Å². The van der Waals surface area contributed by atoms with Crippen LogP contribution in [-0.4, -0.2) is 49.3 Å². The quantitative estimate of drug-likeness (QED) is 0.796. The summed E-state index contributed by atoms with van der Waals surface area (Å²) in [6, 6.07) is 6.06. The Labute approximate surface area is 144 Å². The molecule has 130 valence electrons. The van der Waals surface area contributed by atoms with Gasteiger partial charge < -0.3 is 5.11 Å². The number of carbonyl (C=O) groups excluding carboxylic acids is 2. The van der Waals surface area contributed by atoms with Crippen molar-refractivity contribution in [2.45, 2.75) is 26.4 Å². The van der Waals surface area contributed by atoms with Gasteiger partial charge in [0.25, 0.3) is 11.8 Å². The minimum atomic E-state index is -1.04. The highest BCUT2D eigenvalue weighted by atomic mass is 16.3. The van der Waals surface area contributed by atoms with Crippen molar-refractivity contribution in [3.05, 3.63) is 41.7 Å². The lowest BCUT2D eigenvalue weighted by Gasteiger charge is -2.15. The van der Waals surface area contributed by atoms with Crippen molar-refractivity contribution in [3.63, 3.8) is 0 Å². The molecular weight excluding hydrogens is 322 g/mol. The fourth-order valence-corrected chi connectivity index (χ4v) is 2.67. The lowest BCUT2D eigenvalue weighted by atomic mass is 10.1. The average molecular weight is 341 g/mol. The molecule has 0 aliphatic carbocycles. The number of hydrazine groups is 1. The molecule has 0 saturated carbocycles. The largest absolute Gasteiger partial charge is 0.383 e. The van der Waals surface area contributed by atoms with E-state index in [1.165, 1.54) is 23.3 Å². The molecule has 1 aliphatic heterocycles. The number of aliphatic hydroxyl groups is 1. The van der Waals surface area contributed by atoms with Crippen LogP contribution in [0, 0.1) is 13.8 Å². The number of hydrogen-bond donors (Lipinski definition) is 2. The number of hydrogen-bond acceptors (Lipinski definition) is 5. The van der Waals surface area contributed by atoms with Crippen LogP contribution in [0.25, 0.3) is 17.6 Å². The molecule has 1 atom stereocenters. The molecule has 1 aliphatic rings. The Morgan fingerprint density at radius 3 is 2.68 bits per heavy atom. The molecular formula is C17H19N5O3. The molecule has 2 aromatic rings. The normalized spacial score (nSPS) is 17.5. The first kappa shape index (κ1) is 16.8. The molecule has 2 N–H and O–H groups in total. The van der Waals surface area contributed by atoms with Crippen molar-refractivity contribution >= 4 is 18.0 Å². The maximum Gasteiger partial charge on any atom is 0.269 e. The number of nitrogens with one attached hydrogen (secondary N) is 1. The minimum Gasteiger partial charge on any atom is -0.383 e. The van der Waals surface area contributed by atoms with Crippen LogP contribution < -0.4 is 5.43 Å². The molecule has 3 rings (SSSR count). The Balaban J connectivity index is 1.65. The summed E-state index contributed by atoms with van der Waals surface area (Å²) in [5, 5.41) is 14.8. The van der Waals surface area contributed by atoms with Crippen LogP contribution in [0.2, 0.25) is 0 Å². The minimum absolute atomic E-state index is 0.291. The van der Waals surface area contributed by atoms with Gasteiger partial charge in [0.2, 0.25) is 0 Å². The number of aryl methyl sites for hydroxylation is 2. The van der Waals surface area contributed by atoms with Gasteiger partial charge in [-0.2, -0.15) is 0 Å². The highest BCUT2D eigenvalue weighted by Crippen LogP contribution is 2.18. The van der Waals surface area contributed by atoms with E-state index in [1.807, 2.05) is 26.0 Å². The van der Waals surface area contributed by atoms with Crippen LogP contribution in [-0.2, 0) is 9.59 Å². The van der Waals surface area contributed by atoms with Crippen LogP contribution in [0.5, 0.6) is 0 Å². The highest BCUT2D eigenvalue weighted by Gasteiger charge is 2.30. The van der Waals surface area contributed by atoms with E-state index >= 15 is 0 Å². The second kappa shape index (κ2) is 6.86. The zero-order valence-corrected chi connectivity index (χ0v) is 14.0. The molecule has 0 spiro atoms. The van der Waals surface area contributed by atoms with E-state index in [0.29, 0.717) is 18.8 Å². The SMILES string of the molecule is Cc1cc(C)cc(-c2ncn(/C=C\C(=O)NN3CC[C@H](O)C3=O)n2)c1. The van der Waals surface area contributed by atoms with Crippen LogP contribution in [0.15, 0.2) is 30.6 Å². The maximum atomic E-state index is 11.9. The molecule has 0 unspecified atom stereocenters. The fraction of sp³-hybridized carbons (Fsp3) is 0.294. The number of aliphatic hydroxyl groups excluding tert-OH is 1. The Kier molecular flexibility index (Phi) is 4.62. The van der Waals surface area contributed by atoms with Gasteiger partial charge in [0.05, 0.1) is 0 Å². The Bertz CT molecular complexity index is 822. The predicted molar refractivity (Wildman–Crippen MR) is 90.7 cm³/mol. The van der Waals surface area contributed by atoms with Crippen LogP contribution in [0.1, 0.15) is 17.5 Å². The summed E-state index contributed by atoms with van der Waals surface area (Å²) >= 11 is 0. The first-order valence-electron chi connectivity index (χ1n) is 7.90. The first-order chi connectivity index (χ1) is 11.9. The summed E-state index contributed by atoms with van der Waals surface area (Å²) in [5.74, 6) is -0.416. The maximum absolute atomic E-state index is 11.9. The van der Waals surface area contributed by atoms with Crippen molar-refractivity contribution in [2.24, 2.45) is 0 Å². The van der Waals surface area contributed by atoms with E-state index in [4.69, 9.17) is 0 Å². The molecule has 8 nitrogen and oxygen atoms in total. The van der Waals surface area contributed by atoms with Gasteiger partial charge in [-0.1, -0.05) is 17.2 Å². The smallest absolute Gasteiger partial charge is 0.269 e. The summed E-state index contributed by atoms with van der Waals surface area (Å²) in [6.07, 6.45) is 3.47. The fourth-order valence-electron chi connectivity index (χ4n) is 2.67. The lowest BCUT2D eigenvalue weighted by molar-refractivity contribution is -0.141. The summed E-state index contributed by atoms with van der Waals surface area (Å²) in [6.45, 7) is 4.31. The van der Waals surface area contributed by atoms with Crippen LogP contribution in [0.4, 0.5) is 0 Å². The first-order valence-corrected chi connectivity index (χ1v) is 7.90. The van der Waals surface area contributed by atoms with E-state index < -0.39 is 17.9 Å². The third-order valence-corrected chi connectivity index (χ3v) is 3.79. The van der Waals surface area contributed by atoms with Gasteiger partial charge in [-0.3, -0.25) is 20.0 Å². The monoisotopic (exact) mass is 341 g/mol. The van der Waals surface area contributed by atoms with Crippen molar-refractivity contribution in [2.75, 3.05) is 6.54 Å². The van der Waals surface area contributed by atoms with Crippen molar-refractivity contribution in [1.29, 1.82) is 0 Å². The molecule has 25 heavy (non-hydrogen) atoms. The van der Waals surface area contributed by atoms with Crippen molar-refractivity contribution < 1.29 is 14.7 Å². The molecule has 1 fully saturated rings. The molecule has 8 heteroatoms. The molecule has 1 saturated heterocycles. The molecule has 1 aromatic heterocycles. The van der Waals surface area contributed by atoms with Gasteiger partial charge in [0, 0.05) is 30.8 Å². The summed E-state index contributed by atoms with van der Waals surface area (Å²) in [5.41, 5.74) is 5.58. The number of benzene rings is 1. The molecule has 2 heterocycles.